The van der Waals surface area contributed by atoms with Gasteiger partial charge in [-0.25, -0.2) is 4.79 Å². The van der Waals surface area contributed by atoms with Crippen LogP contribution >= 0.6 is 0 Å². The first-order chi connectivity index (χ1) is 9.51. The zero-order valence-corrected chi connectivity index (χ0v) is 11.0. The Labute approximate surface area is 116 Å². The molecule has 2 saturated carbocycles. The van der Waals surface area contributed by atoms with Crippen LogP contribution in [0.3, 0.4) is 0 Å². The van der Waals surface area contributed by atoms with E-state index in [1.54, 1.807) is 12.1 Å². The summed E-state index contributed by atoms with van der Waals surface area (Å²) in [6.07, 6.45) is 3.10. The number of hydrogen-bond donors (Lipinski definition) is 3. The standard InChI is InChI=1S/C15H17NO4/c17-11-3-1-9(2-4-11)7-12(13(18)19)16-14(20)15-6-5-10(15)8-15/h1-4,10,12,17H,5-8H2,(H,16,20)(H,18,19)/t10?,12-,15?/m0/s1. The molecule has 0 saturated heterocycles. The molecule has 1 aromatic carbocycles. The van der Waals surface area contributed by atoms with Crippen molar-refractivity contribution in [2.75, 3.05) is 0 Å². The maximum Gasteiger partial charge on any atom is 0.326 e. The topological polar surface area (TPSA) is 86.6 Å². The summed E-state index contributed by atoms with van der Waals surface area (Å²) in [7, 11) is 0. The Bertz CT molecular complexity index is 549. The number of carbonyl (C=O) groups is 2. The van der Waals surface area contributed by atoms with Crippen molar-refractivity contribution in [1.82, 2.24) is 5.32 Å². The lowest BCUT2D eigenvalue weighted by Gasteiger charge is -2.26. The number of fused-ring (bicyclic) bond motifs is 1. The average molecular weight is 275 g/mol. The molecule has 2 fully saturated rings. The van der Waals surface area contributed by atoms with Crippen LogP contribution in [-0.4, -0.2) is 28.1 Å². The Morgan fingerprint density at radius 1 is 1.35 bits per heavy atom. The molecular weight excluding hydrogens is 258 g/mol. The number of nitrogens with one attached hydrogen (secondary N) is 1. The molecular formula is C15H17NO4. The highest BCUT2D eigenvalue weighted by atomic mass is 16.4. The normalized spacial score (nSPS) is 27.9. The van der Waals surface area contributed by atoms with Crippen LogP contribution in [0, 0.1) is 11.3 Å². The van der Waals surface area contributed by atoms with Gasteiger partial charge in [0.05, 0.1) is 5.41 Å². The number of carboxylic acids is 1. The summed E-state index contributed by atoms with van der Waals surface area (Å²) in [4.78, 5) is 23.4. The van der Waals surface area contributed by atoms with Crippen molar-refractivity contribution in [3.63, 3.8) is 0 Å². The Balaban J connectivity index is 1.65. The van der Waals surface area contributed by atoms with Gasteiger partial charge in [-0.05, 0) is 42.9 Å². The summed E-state index contributed by atoms with van der Waals surface area (Å²) in [5, 5.41) is 21.1. The van der Waals surface area contributed by atoms with E-state index in [9.17, 15) is 19.8 Å². The monoisotopic (exact) mass is 275 g/mol. The number of carbonyl (C=O) groups excluding carboxylic acids is 1. The van der Waals surface area contributed by atoms with Gasteiger partial charge in [-0.3, -0.25) is 4.79 Å². The number of rotatable bonds is 5. The van der Waals surface area contributed by atoms with Crippen LogP contribution < -0.4 is 5.32 Å². The molecule has 0 bridgehead atoms. The minimum atomic E-state index is -1.03. The molecule has 3 rings (SSSR count). The predicted molar refractivity (Wildman–Crippen MR) is 71.2 cm³/mol. The lowest BCUT2D eigenvalue weighted by molar-refractivity contribution is -0.143. The molecule has 0 aromatic heterocycles. The zero-order chi connectivity index (χ0) is 14.3. The van der Waals surface area contributed by atoms with Crippen molar-refractivity contribution in [3.05, 3.63) is 29.8 Å². The van der Waals surface area contributed by atoms with E-state index in [2.05, 4.69) is 5.32 Å². The van der Waals surface area contributed by atoms with Crippen LogP contribution in [0.5, 0.6) is 5.75 Å². The third-order valence-corrected chi connectivity index (χ3v) is 4.60. The van der Waals surface area contributed by atoms with Gasteiger partial charge in [-0.2, -0.15) is 0 Å². The predicted octanol–water partition coefficient (Wildman–Crippen LogP) is 1.30. The Kier molecular flexibility index (Phi) is 2.92. The first kappa shape index (κ1) is 13.0. The number of phenols is 1. The highest BCUT2D eigenvalue weighted by molar-refractivity contribution is 5.90. The summed E-state index contributed by atoms with van der Waals surface area (Å²) < 4.78 is 0. The van der Waals surface area contributed by atoms with E-state index >= 15 is 0 Å². The largest absolute Gasteiger partial charge is 0.508 e. The zero-order valence-electron chi connectivity index (χ0n) is 11.0. The fourth-order valence-corrected chi connectivity index (χ4v) is 3.04. The first-order valence-corrected chi connectivity index (χ1v) is 6.83. The van der Waals surface area contributed by atoms with Crippen LogP contribution in [0.1, 0.15) is 24.8 Å². The highest BCUT2D eigenvalue weighted by Gasteiger charge is 2.66. The lowest BCUT2D eigenvalue weighted by atomic mass is 9.83. The van der Waals surface area contributed by atoms with Crippen LogP contribution in [0.15, 0.2) is 24.3 Å². The molecule has 2 aliphatic rings. The van der Waals surface area contributed by atoms with Crippen molar-refractivity contribution in [2.45, 2.75) is 31.7 Å². The summed E-state index contributed by atoms with van der Waals surface area (Å²) in [6, 6.07) is 5.44. The molecule has 2 aliphatic carbocycles. The Hall–Kier alpha value is -2.04. The van der Waals surface area contributed by atoms with E-state index in [-0.39, 0.29) is 23.5 Å². The molecule has 3 atom stereocenters. The van der Waals surface area contributed by atoms with Crippen molar-refractivity contribution in [2.24, 2.45) is 11.3 Å². The van der Waals surface area contributed by atoms with Gasteiger partial charge in [-0.1, -0.05) is 12.1 Å². The summed E-state index contributed by atoms with van der Waals surface area (Å²) >= 11 is 0. The maximum absolute atomic E-state index is 12.1. The number of carboxylic acid groups (broad SMARTS) is 1. The second-order valence-corrected chi connectivity index (χ2v) is 5.83. The summed E-state index contributed by atoms with van der Waals surface area (Å²) in [6.45, 7) is 0. The van der Waals surface area contributed by atoms with Gasteiger partial charge in [0.1, 0.15) is 11.8 Å². The van der Waals surface area contributed by atoms with Gasteiger partial charge < -0.3 is 15.5 Å². The summed E-state index contributed by atoms with van der Waals surface area (Å²) in [5.41, 5.74) is 0.525. The SMILES string of the molecule is O=C(O)[C@H](Cc1ccc(O)cc1)NC(=O)C12CCC1C2. The van der Waals surface area contributed by atoms with Crippen LogP contribution in [-0.2, 0) is 16.0 Å². The molecule has 0 heterocycles. The molecule has 3 N–H and O–H groups in total. The number of amides is 1. The third kappa shape index (κ3) is 2.13. The van der Waals surface area contributed by atoms with Crippen LogP contribution in [0.2, 0.25) is 0 Å². The van der Waals surface area contributed by atoms with Crippen LogP contribution in [0.4, 0.5) is 0 Å². The molecule has 1 amide bonds. The van der Waals surface area contributed by atoms with Crippen molar-refractivity contribution in [1.29, 1.82) is 0 Å². The van der Waals surface area contributed by atoms with Gasteiger partial charge >= 0.3 is 5.97 Å². The number of benzene rings is 1. The van der Waals surface area contributed by atoms with E-state index < -0.39 is 12.0 Å². The second kappa shape index (κ2) is 4.51. The fraction of sp³-hybridized carbons (Fsp3) is 0.467. The molecule has 2 unspecified atom stereocenters. The summed E-state index contributed by atoms with van der Waals surface area (Å²) in [5.74, 6) is -0.524. The van der Waals surface area contributed by atoms with E-state index in [4.69, 9.17) is 0 Å². The molecule has 0 radical (unpaired) electrons. The molecule has 1 aromatic rings. The van der Waals surface area contributed by atoms with E-state index in [1.165, 1.54) is 12.1 Å². The average Bonchev–Trinajstić information content (AvgIpc) is 2.93. The quantitative estimate of drug-likeness (QED) is 0.756. The smallest absolute Gasteiger partial charge is 0.326 e. The minimum absolute atomic E-state index is 0.111. The highest BCUT2D eigenvalue weighted by Crippen LogP contribution is 2.67. The number of aliphatic carboxylic acids is 1. The van der Waals surface area contributed by atoms with Crippen molar-refractivity contribution >= 4 is 11.9 Å². The van der Waals surface area contributed by atoms with Gasteiger partial charge in [-0.15, -0.1) is 0 Å². The molecule has 5 nitrogen and oxygen atoms in total. The molecule has 20 heavy (non-hydrogen) atoms. The number of phenolic OH excluding ortho intramolecular Hbond substituents is 1. The van der Waals surface area contributed by atoms with Gasteiger partial charge in [0.25, 0.3) is 0 Å². The number of aromatic hydroxyl groups is 1. The van der Waals surface area contributed by atoms with Gasteiger partial charge in [0, 0.05) is 6.42 Å². The first-order valence-electron chi connectivity index (χ1n) is 6.83. The fourth-order valence-electron chi connectivity index (χ4n) is 3.04. The number of hydrogen-bond acceptors (Lipinski definition) is 3. The second-order valence-electron chi connectivity index (χ2n) is 5.83. The van der Waals surface area contributed by atoms with Gasteiger partial charge in [0.15, 0.2) is 0 Å². The molecule has 0 spiro atoms. The van der Waals surface area contributed by atoms with Crippen LogP contribution in [0.25, 0.3) is 0 Å². The Morgan fingerprint density at radius 3 is 2.50 bits per heavy atom. The van der Waals surface area contributed by atoms with E-state index in [1.807, 2.05) is 0 Å². The van der Waals surface area contributed by atoms with Gasteiger partial charge in [0.2, 0.25) is 5.91 Å². The van der Waals surface area contributed by atoms with Crippen molar-refractivity contribution < 1.29 is 19.8 Å². The van der Waals surface area contributed by atoms with Crippen molar-refractivity contribution in [3.8, 4) is 5.75 Å². The Morgan fingerprint density at radius 2 is 2.05 bits per heavy atom. The molecule has 0 aliphatic heterocycles. The van der Waals surface area contributed by atoms with E-state index in [0.717, 1.165) is 24.8 Å². The molecule has 106 valence electrons. The molecule has 5 heteroatoms. The van der Waals surface area contributed by atoms with E-state index in [0.29, 0.717) is 5.92 Å². The third-order valence-electron chi connectivity index (χ3n) is 4.60. The lowest BCUT2D eigenvalue weighted by Crippen LogP contribution is -2.47. The minimum Gasteiger partial charge on any atom is -0.508 e. The maximum atomic E-state index is 12.1.